The highest BCUT2D eigenvalue weighted by atomic mass is 79.9. The van der Waals surface area contributed by atoms with Crippen LogP contribution in [0.25, 0.3) is 10.8 Å². The summed E-state index contributed by atoms with van der Waals surface area (Å²) in [6.45, 7) is 0.0962. The number of ether oxygens (including phenoxy) is 2. The Balaban J connectivity index is 1.56. The van der Waals surface area contributed by atoms with Gasteiger partial charge in [-0.2, -0.15) is 0 Å². The maximum absolute atomic E-state index is 12.9. The van der Waals surface area contributed by atoms with Gasteiger partial charge in [-0.1, -0.05) is 68.3 Å². The number of fused-ring (bicyclic) bond motifs is 1. The largest absolute Gasteiger partial charge is 0.573 e. The topological polar surface area (TPSA) is 42.5 Å². The molecule has 4 rings (SSSR count). The van der Waals surface area contributed by atoms with Crippen LogP contribution >= 0.6 is 31.9 Å². The monoisotopic (exact) mass is 662 g/mol. The van der Waals surface area contributed by atoms with E-state index in [-0.39, 0.29) is 24.6 Å². The molecule has 200 valence electrons. The molecule has 0 amide bonds. The van der Waals surface area contributed by atoms with Crippen molar-refractivity contribution in [2.24, 2.45) is 0 Å². The van der Waals surface area contributed by atoms with E-state index in [1.54, 1.807) is 36.4 Å². The van der Waals surface area contributed by atoms with E-state index in [0.29, 0.717) is 31.4 Å². The number of anilines is 2. The predicted molar refractivity (Wildman–Crippen MR) is 140 cm³/mol. The molecule has 0 spiro atoms. The maximum Gasteiger partial charge on any atom is 0.573 e. The highest BCUT2D eigenvalue weighted by molar-refractivity contribution is 9.10. The van der Waals surface area contributed by atoms with Crippen LogP contribution in [-0.4, -0.2) is 12.7 Å². The molecule has 0 saturated carbocycles. The average Bonchev–Trinajstić information content (AvgIpc) is 2.81. The third kappa shape index (κ3) is 7.47. The van der Waals surface area contributed by atoms with Crippen molar-refractivity contribution in [1.82, 2.24) is 0 Å². The summed E-state index contributed by atoms with van der Waals surface area (Å²) >= 11 is 6.31. The molecule has 0 bridgehead atoms. The molecule has 0 aliphatic rings. The number of alkyl halides is 6. The van der Waals surface area contributed by atoms with Gasteiger partial charge in [-0.05, 0) is 36.4 Å². The minimum atomic E-state index is -4.84. The average molecular weight is 664 g/mol. The summed E-state index contributed by atoms with van der Waals surface area (Å²) in [5.41, 5.74) is 1.89. The van der Waals surface area contributed by atoms with E-state index in [1.165, 1.54) is 24.3 Å². The standard InChI is InChI=1S/C26H18Br2F6N2O2/c27-17-7-5-15(23(11-17)37-25(29,30)31)13-35-21-9-10-22(20-4-2-1-3-19(20)21)36-14-16-6-8-18(28)12-24(16)38-26(32,33)34/h1-12,35-36H,13-14H2. The van der Waals surface area contributed by atoms with Crippen molar-refractivity contribution in [2.45, 2.75) is 25.8 Å². The van der Waals surface area contributed by atoms with Gasteiger partial charge in [0.1, 0.15) is 11.5 Å². The van der Waals surface area contributed by atoms with Gasteiger partial charge >= 0.3 is 12.7 Å². The maximum atomic E-state index is 12.9. The van der Waals surface area contributed by atoms with E-state index in [0.717, 1.165) is 10.8 Å². The van der Waals surface area contributed by atoms with Crippen LogP contribution in [0.1, 0.15) is 11.1 Å². The zero-order chi connectivity index (χ0) is 27.5. The van der Waals surface area contributed by atoms with E-state index >= 15 is 0 Å². The Morgan fingerprint density at radius 2 is 0.974 bits per heavy atom. The lowest BCUT2D eigenvalue weighted by Gasteiger charge is -2.18. The molecule has 12 heteroatoms. The second-order valence-electron chi connectivity index (χ2n) is 8.01. The van der Waals surface area contributed by atoms with E-state index in [9.17, 15) is 26.3 Å². The smallest absolute Gasteiger partial charge is 0.405 e. The number of halogens is 8. The first-order chi connectivity index (χ1) is 17.9. The molecule has 0 fully saturated rings. The molecular weight excluding hydrogens is 646 g/mol. The first-order valence-corrected chi connectivity index (χ1v) is 12.5. The number of benzene rings is 4. The Bertz CT molecular complexity index is 1340. The summed E-state index contributed by atoms with van der Waals surface area (Å²) in [4.78, 5) is 0. The number of hydrogen-bond acceptors (Lipinski definition) is 4. The summed E-state index contributed by atoms with van der Waals surface area (Å²) in [5, 5.41) is 7.82. The van der Waals surface area contributed by atoms with Gasteiger partial charge in [0.2, 0.25) is 0 Å². The highest BCUT2D eigenvalue weighted by Gasteiger charge is 2.33. The van der Waals surface area contributed by atoms with Gasteiger partial charge in [-0.25, -0.2) is 0 Å². The van der Waals surface area contributed by atoms with Crippen LogP contribution < -0.4 is 20.1 Å². The molecule has 0 radical (unpaired) electrons. The van der Waals surface area contributed by atoms with Crippen molar-refractivity contribution in [3.05, 3.63) is 92.9 Å². The highest BCUT2D eigenvalue weighted by Crippen LogP contribution is 2.34. The van der Waals surface area contributed by atoms with Gasteiger partial charge in [0, 0.05) is 55.3 Å². The van der Waals surface area contributed by atoms with Gasteiger partial charge in [0.15, 0.2) is 0 Å². The molecule has 4 aromatic carbocycles. The summed E-state index contributed by atoms with van der Waals surface area (Å²) in [5.74, 6) is -0.651. The third-order valence-electron chi connectivity index (χ3n) is 5.37. The molecule has 4 aromatic rings. The van der Waals surface area contributed by atoms with E-state index in [2.05, 4.69) is 52.0 Å². The molecule has 38 heavy (non-hydrogen) atoms. The first-order valence-electron chi connectivity index (χ1n) is 11.0. The summed E-state index contributed by atoms with van der Waals surface area (Å²) in [6.07, 6.45) is -9.68. The van der Waals surface area contributed by atoms with Gasteiger partial charge < -0.3 is 20.1 Å². The Kier molecular flexibility index (Phi) is 8.31. The minimum absolute atomic E-state index is 0.0481. The fourth-order valence-electron chi connectivity index (χ4n) is 3.78. The van der Waals surface area contributed by atoms with Crippen molar-refractivity contribution in [1.29, 1.82) is 0 Å². The van der Waals surface area contributed by atoms with Gasteiger partial charge in [0.25, 0.3) is 0 Å². The fraction of sp³-hybridized carbons (Fsp3) is 0.154. The summed E-state index contributed by atoms with van der Waals surface area (Å²) in [7, 11) is 0. The van der Waals surface area contributed by atoms with Gasteiger partial charge in [-0.3, -0.25) is 0 Å². The lowest BCUT2D eigenvalue weighted by Crippen LogP contribution is -2.18. The molecule has 0 aromatic heterocycles. The zero-order valence-electron chi connectivity index (χ0n) is 19.2. The lowest BCUT2D eigenvalue weighted by atomic mass is 10.1. The summed E-state index contributed by atoms with van der Waals surface area (Å²) in [6, 6.07) is 19.5. The molecule has 0 atom stereocenters. The normalized spacial score (nSPS) is 11.9. The molecule has 4 nitrogen and oxygen atoms in total. The van der Waals surface area contributed by atoms with Crippen molar-refractivity contribution < 1.29 is 35.8 Å². The Morgan fingerprint density at radius 3 is 1.34 bits per heavy atom. The van der Waals surface area contributed by atoms with Crippen LogP contribution in [0.15, 0.2) is 81.7 Å². The molecule has 2 N–H and O–H groups in total. The minimum Gasteiger partial charge on any atom is -0.405 e. The quantitative estimate of drug-likeness (QED) is 0.184. The molecule has 0 saturated heterocycles. The van der Waals surface area contributed by atoms with Crippen molar-refractivity contribution in [3.8, 4) is 11.5 Å². The van der Waals surface area contributed by atoms with Crippen LogP contribution in [0.4, 0.5) is 37.7 Å². The zero-order valence-corrected chi connectivity index (χ0v) is 22.4. The predicted octanol–water partition coefficient (Wildman–Crippen LogP) is 9.39. The molecule has 0 heterocycles. The van der Waals surface area contributed by atoms with Crippen LogP contribution in [0.3, 0.4) is 0 Å². The van der Waals surface area contributed by atoms with Crippen LogP contribution in [0.5, 0.6) is 11.5 Å². The van der Waals surface area contributed by atoms with Crippen LogP contribution in [0.2, 0.25) is 0 Å². The van der Waals surface area contributed by atoms with Crippen molar-refractivity contribution >= 4 is 54.0 Å². The lowest BCUT2D eigenvalue weighted by molar-refractivity contribution is -0.275. The fourth-order valence-corrected chi connectivity index (χ4v) is 4.46. The molecule has 0 aliphatic heterocycles. The van der Waals surface area contributed by atoms with Gasteiger partial charge in [0.05, 0.1) is 0 Å². The SMILES string of the molecule is FC(F)(F)Oc1cc(Br)ccc1CNc1ccc(NCc2ccc(Br)cc2OC(F)(F)F)c2ccccc12. The van der Waals surface area contributed by atoms with Crippen molar-refractivity contribution in [3.63, 3.8) is 0 Å². The van der Waals surface area contributed by atoms with E-state index in [1.807, 2.05) is 12.1 Å². The van der Waals surface area contributed by atoms with E-state index in [4.69, 9.17) is 0 Å². The van der Waals surface area contributed by atoms with E-state index < -0.39 is 12.7 Å². The second-order valence-corrected chi connectivity index (χ2v) is 9.84. The van der Waals surface area contributed by atoms with Crippen molar-refractivity contribution in [2.75, 3.05) is 10.6 Å². The first kappa shape index (κ1) is 27.9. The Labute approximate surface area is 230 Å². The third-order valence-corrected chi connectivity index (χ3v) is 6.36. The number of hydrogen-bond donors (Lipinski definition) is 2. The van der Waals surface area contributed by atoms with Crippen LogP contribution in [-0.2, 0) is 13.1 Å². The number of nitrogens with one attached hydrogen (secondary N) is 2. The summed E-state index contributed by atoms with van der Waals surface area (Å²) < 4.78 is 86.4. The molecule has 0 unspecified atom stereocenters. The molecular formula is C26H18Br2F6N2O2. The Hall–Kier alpha value is -3.12. The van der Waals surface area contributed by atoms with Gasteiger partial charge in [-0.15, -0.1) is 26.3 Å². The van der Waals surface area contributed by atoms with Crippen LogP contribution in [0, 0.1) is 0 Å². The Morgan fingerprint density at radius 1 is 0.579 bits per heavy atom. The molecule has 0 aliphatic carbocycles. The number of rotatable bonds is 8. The second kappa shape index (κ2) is 11.3.